The van der Waals surface area contributed by atoms with Gasteiger partial charge in [-0.2, -0.15) is 5.10 Å². The van der Waals surface area contributed by atoms with Gasteiger partial charge >= 0.3 is 0 Å². The summed E-state index contributed by atoms with van der Waals surface area (Å²) in [7, 11) is 0. The van der Waals surface area contributed by atoms with E-state index in [1.165, 1.54) is 10.6 Å². The van der Waals surface area contributed by atoms with Crippen LogP contribution in [-0.2, 0) is 0 Å². The van der Waals surface area contributed by atoms with Gasteiger partial charge in [-0.15, -0.1) is 0 Å². The molecule has 0 amide bonds. The molecule has 4 aromatic heterocycles. The molecule has 0 aliphatic rings. The molecule has 7 nitrogen and oxygen atoms in total. The van der Waals surface area contributed by atoms with Gasteiger partial charge in [-0.05, 0) is 24.3 Å². The molecular formula is C18H12N6O. The maximum absolute atomic E-state index is 12.5. The zero-order chi connectivity index (χ0) is 16.8. The minimum Gasteiger partial charge on any atom is -0.296 e. The van der Waals surface area contributed by atoms with Crippen LogP contribution >= 0.6 is 0 Å². The molecule has 0 spiro atoms. The molecule has 0 aliphatic heterocycles. The summed E-state index contributed by atoms with van der Waals surface area (Å²) in [5.74, 6) is 0. The summed E-state index contributed by atoms with van der Waals surface area (Å²) in [6, 6.07) is 13.0. The molecule has 0 saturated carbocycles. The molecule has 5 rings (SSSR count). The second-order valence-electron chi connectivity index (χ2n) is 5.71. The van der Waals surface area contributed by atoms with E-state index < -0.39 is 0 Å². The molecule has 0 fully saturated rings. The van der Waals surface area contributed by atoms with Gasteiger partial charge in [-0.25, -0.2) is 9.50 Å². The van der Waals surface area contributed by atoms with Crippen molar-refractivity contribution < 1.29 is 0 Å². The van der Waals surface area contributed by atoms with Crippen molar-refractivity contribution in [3.63, 3.8) is 0 Å². The second-order valence-corrected chi connectivity index (χ2v) is 5.71. The van der Waals surface area contributed by atoms with Crippen molar-refractivity contribution in [2.45, 2.75) is 0 Å². The molecule has 0 radical (unpaired) electrons. The summed E-state index contributed by atoms with van der Waals surface area (Å²) < 4.78 is 1.42. The Balaban J connectivity index is 1.75. The fourth-order valence-corrected chi connectivity index (χ4v) is 2.94. The van der Waals surface area contributed by atoms with Gasteiger partial charge in [-0.1, -0.05) is 12.1 Å². The van der Waals surface area contributed by atoms with Gasteiger partial charge in [-0.3, -0.25) is 20.0 Å². The number of hydrogen-bond acceptors (Lipinski definition) is 4. The Morgan fingerprint density at radius 1 is 1.04 bits per heavy atom. The summed E-state index contributed by atoms with van der Waals surface area (Å²) in [6.45, 7) is 0. The summed E-state index contributed by atoms with van der Waals surface area (Å²) in [6.07, 6.45) is 5.21. The number of hydrogen-bond donors (Lipinski definition) is 2. The summed E-state index contributed by atoms with van der Waals surface area (Å²) in [5, 5.41) is 10.9. The summed E-state index contributed by atoms with van der Waals surface area (Å²) in [4.78, 5) is 21.5. The van der Waals surface area contributed by atoms with Crippen LogP contribution in [0.2, 0.25) is 0 Å². The second kappa shape index (κ2) is 5.13. The molecule has 7 heteroatoms. The minimum atomic E-state index is -0.172. The van der Waals surface area contributed by atoms with E-state index in [0.29, 0.717) is 11.3 Å². The molecule has 0 unspecified atom stereocenters. The van der Waals surface area contributed by atoms with Gasteiger partial charge < -0.3 is 0 Å². The molecule has 0 bridgehead atoms. The fourth-order valence-electron chi connectivity index (χ4n) is 2.94. The Morgan fingerprint density at radius 2 is 2.00 bits per heavy atom. The van der Waals surface area contributed by atoms with Gasteiger partial charge in [0.15, 0.2) is 5.65 Å². The Bertz CT molecular complexity index is 1270. The van der Waals surface area contributed by atoms with Crippen molar-refractivity contribution in [2.24, 2.45) is 0 Å². The quantitative estimate of drug-likeness (QED) is 0.521. The van der Waals surface area contributed by atoms with E-state index in [9.17, 15) is 4.79 Å². The topological polar surface area (TPSA) is 91.7 Å². The molecule has 0 atom stereocenters. The Labute approximate surface area is 141 Å². The van der Waals surface area contributed by atoms with Crippen LogP contribution in [0, 0.1) is 0 Å². The van der Waals surface area contributed by atoms with Crippen LogP contribution in [0.4, 0.5) is 0 Å². The lowest BCUT2D eigenvalue weighted by Gasteiger charge is -2.03. The molecule has 120 valence electrons. The fraction of sp³-hybridized carbons (Fsp3) is 0. The van der Waals surface area contributed by atoms with Crippen LogP contribution in [0.15, 0.2) is 65.8 Å². The van der Waals surface area contributed by atoms with Crippen molar-refractivity contribution in [2.75, 3.05) is 0 Å². The molecular weight excluding hydrogens is 316 g/mol. The van der Waals surface area contributed by atoms with Gasteiger partial charge in [0.1, 0.15) is 0 Å². The summed E-state index contributed by atoms with van der Waals surface area (Å²) >= 11 is 0. The minimum absolute atomic E-state index is 0.172. The first-order chi connectivity index (χ1) is 12.3. The third kappa shape index (κ3) is 2.13. The Morgan fingerprint density at radius 3 is 2.88 bits per heavy atom. The average Bonchev–Trinajstić information content (AvgIpc) is 3.28. The van der Waals surface area contributed by atoms with Crippen molar-refractivity contribution >= 4 is 16.6 Å². The van der Waals surface area contributed by atoms with Crippen LogP contribution in [0.5, 0.6) is 0 Å². The van der Waals surface area contributed by atoms with E-state index in [1.807, 2.05) is 36.4 Å². The van der Waals surface area contributed by atoms with Gasteiger partial charge in [0.05, 0.1) is 28.7 Å². The standard InChI is InChI=1S/C18H12N6O/c25-17-8-16(11-4-5-14-12(7-11)9-20-23-14)22-18-13(10-21-24(17)18)15-3-1-2-6-19-15/h1-10,21H,(H,20,23). The Kier molecular flexibility index (Phi) is 2.81. The highest BCUT2D eigenvalue weighted by atomic mass is 16.1. The average molecular weight is 328 g/mol. The van der Waals surface area contributed by atoms with Crippen molar-refractivity contribution in [3.8, 4) is 22.5 Å². The largest absolute Gasteiger partial charge is 0.296 e. The van der Waals surface area contributed by atoms with Crippen molar-refractivity contribution in [1.82, 2.24) is 29.8 Å². The zero-order valence-corrected chi connectivity index (χ0v) is 13.0. The van der Waals surface area contributed by atoms with Gasteiger partial charge in [0, 0.05) is 29.4 Å². The monoisotopic (exact) mass is 328 g/mol. The van der Waals surface area contributed by atoms with E-state index in [1.54, 1.807) is 18.6 Å². The molecule has 0 saturated heterocycles. The van der Waals surface area contributed by atoms with Crippen LogP contribution in [-0.4, -0.2) is 29.8 Å². The SMILES string of the molecule is O=c1cc(-c2ccc3[nH]ncc3c2)nc2c(-c3ccccn3)c[nH]n12. The maximum Gasteiger partial charge on any atom is 0.273 e. The van der Waals surface area contributed by atoms with E-state index in [4.69, 9.17) is 4.98 Å². The molecule has 2 N–H and O–H groups in total. The molecule has 0 aliphatic carbocycles. The highest BCUT2D eigenvalue weighted by molar-refractivity contribution is 5.84. The molecule has 5 aromatic rings. The lowest BCUT2D eigenvalue weighted by atomic mass is 10.1. The van der Waals surface area contributed by atoms with Crippen LogP contribution in [0.1, 0.15) is 0 Å². The van der Waals surface area contributed by atoms with Crippen LogP contribution < -0.4 is 5.56 Å². The highest BCUT2D eigenvalue weighted by Gasteiger charge is 2.13. The van der Waals surface area contributed by atoms with Gasteiger partial charge in [0.25, 0.3) is 5.56 Å². The third-order valence-corrected chi connectivity index (χ3v) is 4.17. The van der Waals surface area contributed by atoms with Crippen LogP contribution in [0.3, 0.4) is 0 Å². The number of benzene rings is 1. The van der Waals surface area contributed by atoms with E-state index in [0.717, 1.165) is 27.7 Å². The first kappa shape index (κ1) is 13.7. The Hall–Kier alpha value is -3.74. The predicted molar refractivity (Wildman–Crippen MR) is 94.1 cm³/mol. The first-order valence-corrected chi connectivity index (χ1v) is 7.76. The van der Waals surface area contributed by atoms with Crippen molar-refractivity contribution in [3.05, 3.63) is 71.4 Å². The van der Waals surface area contributed by atoms with E-state index in [-0.39, 0.29) is 5.56 Å². The van der Waals surface area contributed by atoms with Gasteiger partial charge in [0.2, 0.25) is 0 Å². The number of aromatic amines is 2. The number of pyridine rings is 1. The molecule has 4 heterocycles. The number of aromatic nitrogens is 6. The smallest absolute Gasteiger partial charge is 0.273 e. The number of rotatable bonds is 2. The molecule has 25 heavy (non-hydrogen) atoms. The van der Waals surface area contributed by atoms with E-state index >= 15 is 0 Å². The highest BCUT2D eigenvalue weighted by Crippen LogP contribution is 2.24. The predicted octanol–water partition coefficient (Wildman–Crippen LogP) is 2.63. The zero-order valence-electron chi connectivity index (χ0n) is 13.0. The lowest BCUT2D eigenvalue weighted by Crippen LogP contribution is -2.14. The number of nitrogens with one attached hydrogen (secondary N) is 2. The normalized spacial score (nSPS) is 11.4. The number of H-pyrrole nitrogens is 2. The summed E-state index contributed by atoms with van der Waals surface area (Å²) in [5.41, 5.74) is 4.34. The van der Waals surface area contributed by atoms with Crippen LogP contribution in [0.25, 0.3) is 39.1 Å². The van der Waals surface area contributed by atoms with Crippen molar-refractivity contribution in [1.29, 1.82) is 0 Å². The third-order valence-electron chi connectivity index (χ3n) is 4.17. The maximum atomic E-state index is 12.5. The first-order valence-electron chi connectivity index (χ1n) is 7.76. The molecule has 1 aromatic carbocycles. The van der Waals surface area contributed by atoms with E-state index in [2.05, 4.69) is 20.3 Å². The number of fused-ring (bicyclic) bond motifs is 2. The number of nitrogens with zero attached hydrogens (tertiary/aromatic N) is 4. The lowest BCUT2D eigenvalue weighted by molar-refractivity contribution is 0.901.